The van der Waals surface area contributed by atoms with Crippen LogP contribution in [0, 0.1) is 0 Å². The molecule has 20 heavy (non-hydrogen) atoms. The van der Waals surface area contributed by atoms with Crippen molar-refractivity contribution in [1.82, 2.24) is 0 Å². The van der Waals surface area contributed by atoms with E-state index in [2.05, 4.69) is 31.9 Å². The summed E-state index contributed by atoms with van der Waals surface area (Å²) in [6, 6.07) is 13.3. The van der Waals surface area contributed by atoms with Crippen molar-refractivity contribution in [2.24, 2.45) is 0 Å². The Morgan fingerprint density at radius 1 is 1.00 bits per heavy atom. The number of aliphatic hydroxyl groups is 1. The molecule has 2 rings (SSSR count). The molecule has 106 valence electrons. The Morgan fingerprint density at radius 2 is 1.60 bits per heavy atom. The Labute approximate surface area is 136 Å². The van der Waals surface area contributed by atoms with Crippen LogP contribution in [0.25, 0.3) is 0 Å². The Hall–Kier alpha value is -0.840. The maximum absolute atomic E-state index is 10.6. The van der Waals surface area contributed by atoms with Crippen molar-refractivity contribution in [3.8, 4) is 5.75 Å². The van der Waals surface area contributed by atoms with Crippen molar-refractivity contribution in [2.45, 2.75) is 26.1 Å². The standard InChI is InChI=1S/C16H16Br2O2/c1-10(2)20-15-6-4-3-5-14(15)16(19)11-7-12(17)9-13(18)8-11/h3-10,16,19H,1-2H3. The molecule has 2 nitrogen and oxygen atoms in total. The van der Waals surface area contributed by atoms with Gasteiger partial charge in [0.25, 0.3) is 0 Å². The topological polar surface area (TPSA) is 29.5 Å². The van der Waals surface area contributed by atoms with Crippen LogP contribution in [0.15, 0.2) is 51.4 Å². The Balaban J connectivity index is 2.39. The molecule has 0 aliphatic carbocycles. The molecule has 1 unspecified atom stereocenters. The highest BCUT2D eigenvalue weighted by atomic mass is 79.9. The van der Waals surface area contributed by atoms with Gasteiger partial charge < -0.3 is 9.84 Å². The molecule has 0 fully saturated rings. The summed E-state index contributed by atoms with van der Waals surface area (Å²) < 4.78 is 7.60. The van der Waals surface area contributed by atoms with Crippen molar-refractivity contribution in [3.63, 3.8) is 0 Å². The summed E-state index contributed by atoms with van der Waals surface area (Å²) in [5.74, 6) is 0.714. The highest BCUT2D eigenvalue weighted by Crippen LogP contribution is 2.33. The van der Waals surface area contributed by atoms with Crippen LogP contribution in [-0.4, -0.2) is 11.2 Å². The van der Waals surface area contributed by atoms with E-state index < -0.39 is 6.10 Å². The molecule has 0 bridgehead atoms. The molecule has 1 atom stereocenters. The summed E-state index contributed by atoms with van der Waals surface area (Å²) >= 11 is 6.88. The van der Waals surface area contributed by atoms with E-state index in [9.17, 15) is 5.11 Å². The molecule has 0 aliphatic heterocycles. The van der Waals surface area contributed by atoms with E-state index in [1.54, 1.807) is 0 Å². The maximum Gasteiger partial charge on any atom is 0.125 e. The minimum atomic E-state index is -0.723. The van der Waals surface area contributed by atoms with Crippen molar-refractivity contribution >= 4 is 31.9 Å². The summed E-state index contributed by atoms with van der Waals surface area (Å²) in [4.78, 5) is 0. The first-order chi connectivity index (χ1) is 9.47. The van der Waals surface area contributed by atoms with Crippen molar-refractivity contribution < 1.29 is 9.84 Å². The van der Waals surface area contributed by atoms with Gasteiger partial charge in [-0.2, -0.15) is 0 Å². The molecule has 0 heterocycles. The van der Waals surface area contributed by atoms with Crippen LogP contribution in [0.4, 0.5) is 0 Å². The summed E-state index contributed by atoms with van der Waals surface area (Å²) in [5.41, 5.74) is 1.58. The minimum absolute atomic E-state index is 0.0672. The number of hydrogen-bond donors (Lipinski definition) is 1. The fourth-order valence-corrected chi connectivity index (χ4v) is 3.31. The van der Waals surface area contributed by atoms with Gasteiger partial charge in [-0.1, -0.05) is 50.1 Å². The molecule has 0 radical (unpaired) electrons. The van der Waals surface area contributed by atoms with Crippen LogP contribution < -0.4 is 4.74 Å². The monoisotopic (exact) mass is 398 g/mol. The predicted molar refractivity (Wildman–Crippen MR) is 88.1 cm³/mol. The van der Waals surface area contributed by atoms with Gasteiger partial charge in [0.05, 0.1) is 6.10 Å². The van der Waals surface area contributed by atoms with E-state index in [0.717, 1.165) is 20.1 Å². The first kappa shape index (κ1) is 15.5. The number of hydrogen-bond acceptors (Lipinski definition) is 2. The lowest BCUT2D eigenvalue weighted by atomic mass is 10.0. The van der Waals surface area contributed by atoms with Gasteiger partial charge in [0, 0.05) is 14.5 Å². The van der Waals surface area contributed by atoms with Crippen LogP contribution in [0.1, 0.15) is 31.1 Å². The van der Waals surface area contributed by atoms with Crippen LogP contribution in [0.5, 0.6) is 5.75 Å². The molecule has 2 aromatic carbocycles. The number of rotatable bonds is 4. The molecule has 2 aromatic rings. The molecule has 0 amide bonds. The number of para-hydroxylation sites is 1. The Kier molecular flexibility index (Phi) is 5.24. The zero-order valence-corrected chi connectivity index (χ0v) is 14.5. The summed E-state index contributed by atoms with van der Waals surface area (Å²) in [5, 5.41) is 10.6. The second-order valence-electron chi connectivity index (χ2n) is 4.81. The maximum atomic E-state index is 10.6. The molecule has 0 saturated carbocycles. The van der Waals surface area contributed by atoms with Gasteiger partial charge in [0.2, 0.25) is 0 Å². The van der Waals surface area contributed by atoms with E-state index in [4.69, 9.17) is 4.74 Å². The number of aliphatic hydroxyl groups excluding tert-OH is 1. The highest BCUT2D eigenvalue weighted by molar-refractivity contribution is 9.11. The van der Waals surface area contributed by atoms with E-state index >= 15 is 0 Å². The average molecular weight is 400 g/mol. The number of ether oxygens (including phenoxy) is 1. The van der Waals surface area contributed by atoms with Crippen LogP contribution in [0.3, 0.4) is 0 Å². The lowest BCUT2D eigenvalue weighted by Crippen LogP contribution is -2.10. The van der Waals surface area contributed by atoms with Gasteiger partial charge in [-0.25, -0.2) is 0 Å². The third-order valence-corrected chi connectivity index (χ3v) is 3.69. The molecule has 0 aromatic heterocycles. The zero-order valence-electron chi connectivity index (χ0n) is 11.3. The zero-order chi connectivity index (χ0) is 14.7. The minimum Gasteiger partial charge on any atom is -0.491 e. The third kappa shape index (κ3) is 3.84. The molecule has 0 saturated heterocycles. The number of benzene rings is 2. The van der Waals surface area contributed by atoms with Crippen molar-refractivity contribution in [1.29, 1.82) is 0 Å². The summed E-state index contributed by atoms with van der Waals surface area (Å²) in [7, 11) is 0. The van der Waals surface area contributed by atoms with Crippen LogP contribution in [0.2, 0.25) is 0 Å². The Bertz CT molecular complexity index is 577. The van der Waals surface area contributed by atoms with Gasteiger partial charge in [0.15, 0.2) is 0 Å². The fraction of sp³-hybridized carbons (Fsp3) is 0.250. The van der Waals surface area contributed by atoms with E-state index in [1.807, 2.05) is 56.3 Å². The third-order valence-electron chi connectivity index (χ3n) is 2.78. The number of halogens is 2. The Morgan fingerprint density at radius 3 is 2.20 bits per heavy atom. The summed E-state index contributed by atoms with van der Waals surface area (Å²) in [6.45, 7) is 3.94. The van der Waals surface area contributed by atoms with Gasteiger partial charge in [0.1, 0.15) is 11.9 Å². The van der Waals surface area contributed by atoms with Gasteiger partial charge >= 0.3 is 0 Å². The average Bonchev–Trinajstić information content (AvgIpc) is 2.36. The lowest BCUT2D eigenvalue weighted by molar-refractivity contribution is 0.198. The first-order valence-electron chi connectivity index (χ1n) is 6.37. The van der Waals surface area contributed by atoms with Crippen molar-refractivity contribution in [3.05, 3.63) is 62.5 Å². The fourth-order valence-electron chi connectivity index (χ4n) is 1.98. The quantitative estimate of drug-likeness (QED) is 0.776. The molecule has 1 N–H and O–H groups in total. The molecule has 4 heteroatoms. The van der Waals surface area contributed by atoms with Gasteiger partial charge in [-0.3, -0.25) is 0 Å². The highest BCUT2D eigenvalue weighted by Gasteiger charge is 2.16. The second kappa shape index (κ2) is 6.74. The smallest absolute Gasteiger partial charge is 0.125 e. The van der Waals surface area contributed by atoms with E-state index in [0.29, 0.717) is 5.75 Å². The lowest BCUT2D eigenvalue weighted by Gasteiger charge is -2.18. The summed E-state index contributed by atoms with van der Waals surface area (Å²) in [6.07, 6.45) is -0.656. The van der Waals surface area contributed by atoms with Crippen LogP contribution >= 0.6 is 31.9 Å². The molecular weight excluding hydrogens is 384 g/mol. The molecule has 0 spiro atoms. The molecular formula is C16H16Br2O2. The normalized spacial score (nSPS) is 12.5. The van der Waals surface area contributed by atoms with Crippen LogP contribution in [-0.2, 0) is 0 Å². The van der Waals surface area contributed by atoms with E-state index in [1.165, 1.54) is 0 Å². The van der Waals surface area contributed by atoms with E-state index in [-0.39, 0.29) is 6.10 Å². The predicted octanol–water partition coefficient (Wildman–Crippen LogP) is 5.08. The largest absolute Gasteiger partial charge is 0.491 e. The SMILES string of the molecule is CC(C)Oc1ccccc1C(O)c1cc(Br)cc(Br)c1. The van der Waals surface area contributed by atoms with Crippen molar-refractivity contribution in [2.75, 3.05) is 0 Å². The second-order valence-corrected chi connectivity index (χ2v) is 6.64. The molecule has 0 aliphatic rings. The van der Waals surface area contributed by atoms with Gasteiger partial charge in [-0.15, -0.1) is 0 Å². The first-order valence-corrected chi connectivity index (χ1v) is 7.95. The van der Waals surface area contributed by atoms with Gasteiger partial charge in [-0.05, 0) is 43.7 Å².